The predicted molar refractivity (Wildman–Crippen MR) is 125 cm³/mol. The molecule has 0 saturated heterocycles. The highest BCUT2D eigenvalue weighted by Gasteiger charge is 2.62. The topological polar surface area (TPSA) is 46.3 Å². The van der Waals surface area contributed by atoms with Crippen molar-refractivity contribution in [2.45, 2.75) is 58.0 Å². The van der Waals surface area contributed by atoms with E-state index in [1.54, 1.807) is 11.3 Å². The average Bonchev–Trinajstić information content (AvgIpc) is 3.60. The molecule has 6 rings (SSSR count). The van der Waals surface area contributed by atoms with Crippen molar-refractivity contribution in [2.75, 3.05) is 11.4 Å². The van der Waals surface area contributed by atoms with Crippen molar-refractivity contribution < 1.29 is 22.0 Å². The molecule has 1 aliphatic heterocycles. The number of anilines is 2. The Morgan fingerprint density at radius 1 is 1.03 bits per heavy atom. The molecule has 5 nitrogen and oxygen atoms in total. The molecular weight excluding hydrogens is 477 g/mol. The van der Waals surface area contributed by atoms with E-state index in [4.69, 9.17) is 0 Å². The molecule has 2 aromatic heterocycles. The summed E-state index contributed by atoms with van der Waals surface area (Å²) < 4.78 is 71.9. The smallest absolute Gasteiger partial charge is 0.325 e. The molecule has 188 valence electrons. The number of benzene rings is 2. The van der Waals surface area contributed by atoms with Gasteiger partial charge in [-0.3, -0.25) is 4.40 Å². The van der Waals surface area contributed by atoms with Gasteiger partial charge < -0.3 is 4.90 Å². The zero-order valence-electron chi connectivity index (χ0n) is 19.7. The van der Waals surface area contributed by atoms with Crippen LogP contribution in [0.5, 0.6) is 0 Å². The van der Waals surface area contributed by atoms with Gasteiger partial charge >= 0.3 is 6.18 Å². The molecule has 1 aliphatic carbocycles. The summed E-state index contributed by atoms with van der Waals surface area (Å²) in [5, 5.41) is 8.20. The Morgan fingerprint density at radius 2 is 1.83 bits per heavy atom. The van der Waals surface area contributed by atoms with E-state index in [9.17, 15) is 17.6 Å². The highest BCUT2D eigenvalue weighted by atomic mass is 19.4. The Kier molecular flexibility index (Phi) is 5.21. The summed E-state index contributed by atoms with van der Waals surface area (Å²) >= 11 is 0. The molecule has 36 heavy (non-hydrogen) atoms. The Hall–Kier alpha value is -3.30. The largest absolute Gasteiger partial charge is 0.394 e. The number of halogens is 5. The van der Waals surface area contributed by atoms with E-state index in [-0.39, 0.29) is 36.2 Å². The zero-order valence-corrected chi connectivity index (χ0v) is 19.7. The quantitative estimate of drug-likeness (QED) is 0.295. The summed E-state index contributed by atoms with van der Waals surface area (Å²) in [5.41, 5.74) is 1.40. The number of fused-ring (bicyclic) bond motifs is 4. The number of rotatable bonds is 4. The summed E-state index contributed by atoms with van der Waals surface area (Å²) in [6.07, 6.45) is -1.19. The Bertz CT molecular complexity index is 1490. The van der Waals surface area contributed by atoms with Gasteiger partial charge in [0.05, 0.1) is 16.3 Å². The minimum atomic E-state index is -4.19. The van der Waals surface area contributed by atoms with Crippen LogP contribution in [0.1, 0.15) is 49.1 Å². The second-order valence-corrected chi connectivity index (χ2v) is 9.88. The minimum Gasteiger partial charge on any atom is -0.325 e. The van der Waals surface area contributed by atoms with Gasteiger partial charge in [-0.1, -0.05) is 12.1 Å². The maximum absolute atomic E-state index is 15.3. The van der Waals surface area contributed by atoms with E-state index in [2.05, 4.69) is 15.2 Å². The number of aryl methyl sites for hydroxylation is 2. The average molecular weight is 502 g/mol. The molecule has 0 atom stereocenters. The van der Waals surface area contributed by atoms with Crippen molar-refractivity contribution in [3.8, 4) is 0 Å². The van der Waals surface area contributed by atoms with Crippen molar-refractivity contribution in [3.05, 3.63) is 58.9 Å². The van der Waals surface area contributed by atoms with Crippen LogP contribution >= 0.6 is 0 Å². The van der Waals surface area contributed by atoms with Crippen LogP contribution in [0, 0.1) is 24.0 Å². The third-order valence-corrected chi connectivity index (χ3v) is 7.73. The normalized spacial score (nSPS) is 17.4. The summed E-state index contributed by atoms with van der Waals surface area (Å²) in [4.78, 5) is 6.47. The maximum atomic E-state index is 15.3. The predicted octanol–water partition coefficient (Wildman–Crippen LogP) is 6.61. The van der Waals surface area contributed by atoms with Crippen LogP contribution in [0.15, 0.2) is 30.3 Å². The van der Waals surface area contributed by atoms with Crippen molar-refractivity contribution in [1.82, 2.24) is 19.6 Å². The fraction of sp³-hybridized carbons (Fsp3) is 0.423. The first-order valence-corrected chi connectivity index (χ1v) is 12.1. The van der Waals surface area contributed by atoms with Crippen LogP contribution in [0.2, 0.25) is 0 Å². The van der Waals surface area contributed by atoms with Crippen LogP contribution in [0.25, 0.3) is 16.7 Å². The van der Waals surface area contributed by atoms with Gasteiger partial charge in [0, 0.05) is 12.2 Å². The minimum absolute atomic E-state index is 0.0256. The fourth-order valence-corrected chi connectivity index (χ4v) is 5.50. The van der Waals surface area contributed by atoms with E-state index in [0.717, 1.165) is 35.7 Å². The Morgan fingerprint density at radius 3 is 2.58 bits per heavy atom. The molecule has 10 heteroatoms. The van der Waals surface area contributed by atoms with E-state index >= 15 is 4.39 Å². The molecule has 0 amide bonds. The number of alkyl halides is 3. The summed E-state index contributed by atoms with van der Waals surface area (Å²) in [5.74, 6) is -0.994. The van der Waals surface area contributed by atoms with Crippen LogP contribution in [-0.2, 0) is 12.8 Å². The second-order valence-electron chi connectivity index (χ2n) is 9.88. The van der Waals surface area contributed by atoms with Crippen molar-refractivity contribution in [2.24, 2.45) is 5.41 Å². The Labute approximate surface area is 204 Å². The number of aromatic nitrogens is 4. The van der Waals surface area contributed by atoms with Crippen LogP contribution in [0.4, 0.5) is 33.5 Å². The lowest BCUT2D eigenvalue weighted by Crippen LogP contribution is -2.25. The first-order valence-electron chi connectivity index (χ1n) is 12.1. The summed E-state index contributed by atoms with van der Waals surface area (Å²) in [6, 6.07) is 8.14. The fourth-order valence-electron chi connectivity index (χ4n) is 5.50. The lowest BCUT2D eigenvalue weighted by atomic mass is 9.91. The van der Waals surface area contributed by atoms with Crippen LogP contribution in [-0.4, -0.2) is 32.3 Å². The van der Waals surface area contributed by atoms with Gasteiger partial charge in [0.25, 0.3) is 5.78 Å². The first kappa shape index (κ1) is 23.1. The van der Waals surface area contributed by atoms with Gasteiger partial charge in [-0.25, -0.2) is 8.78 Å². The molecule has 1 saturated carbocycles. The lowest BCUT2D eigenvalue weighted by molar-refractivity contribution is -0.188. The van der Waals surface area contributed by atoms with Gasteiger partial charge in [0.2, 0.25) is 0 Å². The monoisotopic (exact) mass is 501 g/mol. The Balaban J connectivity index is 1.49. The van der Waals surface area contributed by atoms with Gasteiger partial charge in [-0.15, -0.1) is 10.2 Å². The van der Waals surface area contributed by atoms with Crippen molar-refractivity contribution in [3.63, 3.8) is 0 Å². The standard InChI is InChI=1S/C26H24F5N5/c1-15-33-34-24-32-23(21-20(36(15)24)9-8-18(27)22(21)28)35-14-3-2-6-17-16(5-4-7-19(17)35)10-11-25(12-13-25)26(29,30)31/h4-5,7-9H,2-3,6,10-14H2,1H3. The van der Waals surface area contributed by atoms with E-state index < -0.39 is 23.2 Å². The van der Waals surface area contributed by atoms with Gasteiger partial charge in [0.1, 0.15) is 11.6 Å². The first-order chi connectivity index (χ1) is 17.2. The van der Waals surface area contributed by atoms with E-state index in [0.29, 0.717) is 30.7 Å². The van der Waals surface area contributed by atoms with Gasteiger partial charge in [-0.2, -0.15) is 18.2 Å². The number of nitrogens with zero attached hydrogens (tertiary/aromatic N) is 5. The molecule has 4 aromatic rings. The molecule has 1 fully saturated rings. The third-order valence-electron chi connectivity index (χ3n) is 7.73. The molecule has 0 unspecified atom stereocenters. The molecule has 0 spiro atoms. The van der Waals surface area contributed by atoms with Crippen molar-refractivity contribution in [1.29, 1.82) is 0 Å². The highest BCUT2D eigenvalue weighted by molar-refractivity contribution is 5.94. The molecule has 0 N–H and O–H groups in total. The van der Waals surface area contributed by atoms with E-state index in [1.807, 2.05) is 23.1 Å². The van der Waals surface area contributed by atoms with Crippen molar-refractivity contribution >= 4 is 28.2 Å². The highest BCUT2D eigenvalue weighted by Crippen LogP contribution is 2.60. The second kappa shape index (κ2) is 8.11. The zero-order chi connectivity index (χ0) is 25.2. The number of hydrogen-bond donors (Lipinski definition) is 0. The molecule has 2 aromatic carbocycles. The maximum Gasteiger partial charge on any atom is 0.394 e. The molecule has 0 bridgehead atoms. The SMILES string of the molecule is Cc1nnc2nc(N3CCCCc4c(CCC5(C(F)(F)F)CC5)cccc43)c3c(F)c(F)ccc3n12. The lowest BCUT2D eigenvalue weighted by Gasteiger charge is -2.27. The third kappa shape index (κ3) is 3.52. The van der Waals surface area contributed by atoms with Gasteiger partial charge in [-0.05, 0) is 81.2 Å². The molecule has 3 heterocycles. The van der Waals surface area contributed by atoms with Crippen LogP contribution in [0.3, 0.4) is 0 Å². The van der Waals surface area contributed by atoms with E-state index in [1.165, 1.54) is 6.07 Å². The molecule has 2 aliphatic rings. The number of hydrogen-bond acceptors (Lipinski definition) is 4. The van der Waals surface area contributed by atoms with Crippen LogP contribution < -0.4 is 4.90 Å². The molecular formula is C26H24F5N5. The molecule has 0 radical (unpaired) electrons. The summed E-state index contributed by atoms with van der Waals surface area (Å²) in [7, 11) is 0. The van der Waals surface area contributed by atoms with Gasteiger partial charge in [0.15, 0.2) is 11.6 Å². The summed E-state index contributed by atoms with van der Waals surface area (Å²) in [6.45, 7) is 2.22.